The number of nitrogens with one attached hydrogen (secondary N) is 2. The molecule has 0 bridgehead atoms. The molecule has 1 aromatic carbocycles. The van der Waals surface area contributed by atoms with Crippen molar-refractivity contribution in [2.45, 2.75) is 18.8 Å². The average molecular weight is 468 g/mol. The summed E-state index contributed by atoms with van der Waals surface area (Å²) in [5.74, 6) is -4.60. The van der Waals surface area contributed by atoms with Crippen LogP contribution in [-0.2, 0) is 4.79 Å². The molecule has 0 radical (unpaired) electrons. The first kappa shape index (κ1) is 23.1. The normalized spacial score (nSPS) is 24.1. The van der Waals surface area contributed by atoms with Gasteiger partial charge in [0.2, 0.25) is 5.91 Å². The molecule has 2 aliphatic heterocycles. The number of anilines is 1. The maximum absolute atomic E-state index is 13.9. The zero-order valence-corrected chi connectivity index (χ0v) is 17.0. The number of ether oxygens (including phenoxy) is 1. The molecule has 1 fully saturated rings. The van der Waals surface area contributed by atoms with Gasteiger partial charge in [-0.3, -0.25) is 4.79 Å². The van der Waals surface area contributed by atoms with Gasteiger partial charge in [0.15, 0.2) is 11.6 Å². The molecular weight excluding hydrogens is 450 g/mol. The largest absolute Gasteiger partial charge is 0.429 e. The molecule has 170 valence electrons. The minimum atomic E-state index is -4.54. The van der Waals surface area contributed by atoms with E-state index >= 15 is 0 Å². The van der Waals surface area contributed by atoms with Crippen LogP contribution in [0.2, 0.25) is 0 Å². The van der Waals surface area contributed by atoms with Gasteiger partial charge in [-0.25, -0.2) is 9.82 Å². The number of alkyl halides is 5. The Morgan fingerprint density at radius 2 is 2.00 bits per heavy atom. The number of likely N-dealkylation sites (tertiary alicyclic amines) is 1. The van der Waals surface area contributed by atoms with Crippen LogP contribution in [0.4, 0.5) is 32.0 Å². The molecule has 6 nitrogen and oxygen atoms in total. The lowest BCUT2D eigenvalue weighted by molar-refractivity contribution is -0.149. The number of hydrogen-bond donors (Lipinski definition) is 2. The number of para-hydroxylation sites is 1. The highest BCUT2D eigenvalue weighted by Crippen LogP contribution is 2.38. The third kappa shape index (κ3) is 4.71. The van der Waals surface area contributed by atoms with Crippen molar-refractivity contribution >= 4 is 28.8 Å². The molecule has 2 aliphatic rings. The number of carbonyl (C=O) groups excluding carboxylic acids is 1. The lowest BCUT2D eigenvalue weighted by Crippen LogP contribution is -2.44. The Bertz CT molecular complexity index is 910. The fraction of sp³-hybridized carbons (Fsp3) is 0.444. The number of hydrogen-bond acceptors (Lipinski definition) is 5. The number of benzene rings is 1. The third-order valence-electron chi connectivity index (χ3n) is 5.02. The molecule has 1 saturated heterocycles. The van der Waals surface area contributed by atoms with Gasteiger partial charge in [0.05, 0.1) is 16.6 Å². The second kappa shape index (κ2) is 8.54. The number of thiocarbonyl (C=S) groups is 1. The van der Waals surface area contributed by atoms with Gasteiger partial charge in [0, 0.05) is 32.3 Å². The van der Waals surface area contributed by atoms with Crippen molar-refractivity contribution in [3.8, 4) is 5.75 Å². The molecule has 1 unspecified atom stereocenters. The number of rotatable bonds is 5. The molecule has 0 aliphatic carbocycles. The second-order valence-corrected chi connectivity index (χ2v) is 7.50. The number of halogens is 6. The summed E-state index contributed by atoms with van der Waals surface area (Å²) < 4.78 is 82.7. The number of nitrogens with zero attached hydrogens (tertiary/aromatic N) is 2. The summed E-state index contributed by atoms with van der Waals surface area (Å²) in [7, 11) is 2.97. The maximum atomic E-state index is 13.9. The first-order valence-corrected chi connectivity index (χ1v) is 9.38. The Labute approximate surface area is 178 Å². The Morgan fingerprint density at radius 3 is 2.58 bits per heavy atom. The predicted octanol–water partition coefficient (Wildman–Crippen LogP) is 3.14. The van der Waals surface area contributed by atoms with E-state index in [1.54, 1.807) is 11.9 Å². The van der Waals surface area contributed by atoms with Crippen molar-refractivity contribution in [1.82, 2.24) is 15.3 Å². The van der Waals surface area contributed by atoms with Crippen LogP contribution in [0.3, 0.4) is 0 Å². The number of carbonyl (C=O) groups is 1. The summed E-state index contributed by atoms with van der Waals surface area (Å²) >= 11 is 5.29. The van der Waals surface area contributed by atoms with E-state index in [-0.39, 0.29) is 22.9 Å². The fourth-order valence-corrected chi connectivity index (χ4v) is 3.97. The molecule has 0 saturated carbocycles. The van der Waals surface area contributed by atoms with Crippen molar-refractivity contribution in [3.63, 3.8) is 0 Å². The van der Waals surface area contributed by atoms with Crippen LogP contribution in [0.1, 0.15) is 0 Å². The SMILES string of the molecule is CN1C[C@H](C2=CC(C(F)(F)F)NN2C)[C@@H](C(=O)Nc2cccc(F)c2OC(F)F)C1=S. The first-order valence-electron chi connectivity index (χ1n) is 8.97. The van der Waals surface area contributed by atoms with Crippen molar-refractivity contribution < 1.29 is 35.9 Å². The smallest absolute Gasteiger partial charge is 0.409 e. The predicted molar refractivity (Wildman–Crippen MR) is 103 cm³/mol. The molecule has 3 atom stereocenters. The summed E-state index contributed by atoms with van der Waals surface area (Å²) in [5.41, 5.74) is 2.13. The van der Waals surface area contributed by atoms with E-state index in [0.717, 1.165) is 18.2 Å². The molecular formula is C18H18F6N4O2S. The summed E-state index contributed by atoms with van der Waals surface area (Å²) in [4.78, 5) is 14.7. The van der Waals surface area contributed by atoms with Crippen molar-refractivity contribution in [2.24, 2.45) is 11.8 Å². The molecule has 0 aromatic heterocycles. The van der Waals surface area contributed by atoms with E-state index < -0.39 is 48.1 Å². The van der Waals surface area contributed by atoms with E-state index in [4.69, 9.17) is 12.2 Å². The van der Waals surface area contributed by atoms with Gasteiger partial charge in [-0.15, -0.1) is 0 Å². The quantitative estimate of drug-likeness (QED) is 0.512. The van der Waals surface area contributed by atoms with Crippen molar-refractivity contribution in [2.75, 3.05) is 26.0 Å². The Balaban J connectivity index is 1.89. The zero-order chi connectivity index (χ0) is 23.1. The molecule has 3 rings (SSSR count). The van der Waals surface area contributed by atoms with Crippen molar-refractivity contribution in [1.29, 1.82) is 0 Å². The average Bonchev–Trinajstić information content (AvgIpc) is 3.18. The zero-order valence-electron chi connectivity index (χ0n) is 16.2. The minimum absolute atomic E-state index is 0.153. The van der Waals surface area contributed by atoms with Gasteiger partial charge in [0.25, 0.3) is 0 Å². The van der Waals surface area contributed by atoms with Gasteiger partial charge in [-0.2, -0.15) is 22.0 Å². The van der Waals surface area contributed by atoms with Gasteiger partial charge in [0.1, 0.15) is 6.04 Å². The highest BCUT2D eigenvalue weighted by Gasteiger charge is 2.49. The van der Waals surface area contributed by atoms with Gasteiger partial charge in [-0.05, 0) is 18.2 Å². The lowest BCUT2D eigenvalue weighted by atomic mass is 9.91. The van der Waals surface area contributed by atoms with E-state index in [9.17, 15) is 31.1 Å². The molecule has 2 heterocycles. The van der Waals surface area contributed by atoms with Crippen LogP contribution >= 0.6 is 12.2 Å². The topological polar surface area (TPSA) is 56.8 Å². The highest BCUT2D eigenvalue weighted by atomic mass is 32.1. The summed E-state index contributed by atoms with van der Waals surface area (Å²) in [6.45, 7) is -3.18. The summed E-state index contributed by atoms with van der Waals surface area (Å²) in [5, 5.41) is 3.50. The summed E-state index contributed by atoms with van der Waals surface area (Å²) in [6.07, 6.45) is -3.57. The third-order valence-corrected chi connectivity index (χ3v) is 5.59. The minimum Gasteiger partial charge on any atom is -0.429 e. The molecule has 2 N–H and O–H groups in total. The lowest BCUT2D eigenvalue weighted by Gasteiger charge is -2.25. The summed E-state index contributed by atoms with van der Waals surface area (Å²) in [6, 6.07) is 1.30. The van der Waals surface area contributed by atoms with Crippen LogP contribution in [0.5, 0.6) is 5.75 Å². The molecule has 31 heavy (non-hydrogen) atoms. The second-order valence-electron chi connectivity index (χ2n) is 7.09. The molecule has 1 aromatic rings. The van der Waals surface area contributed by atoms with Crippen LogP contribution in [-0.4, -0.2) is 60.3 Å². The molecule has 13 heteroatoms. The molecule has 0 spiro atoms. The van der Waals surface area contributed by atoms with E-state index in [2.05, 4.69) is 15.5 Å². The fourth-order valence-electron chi connectivity index (χ4n) is 3.63. The van der Waals surface area contributed by atoms with Crippen LogP contribution in [0.25, 0.3) is 0 Å². The standard InChI is InChI=1S/C18H18F6N4O2S/c1-27-7-8(11-6-12(18(22,23)24)26-28(11)2)13(16(27)31)15(29)25-10-5-3-4-9(19)14(10)30-17(20)21/h3-6,8,12-13,17,26H,7H2,1-2H3,(H,25,29)/t8-,12?,13+/m1/s1. The van der Waals surface area contributed by atoms with Crippen molar-refractivity contribution in [3.05, 3.63) is 35.8 Å². The van der Waals surface area contributed by atoms with Gasteiger partial charge < -0.3 is 20.0 Å². The number of hydrazine groups is 1. The van der Waals surface area contributed by atoms with Crippen LogP contribution in [0.15, 0.2) is 30.0 Å². The van der Waals surface area contributed by atoms with Gasteiger partial charge in [-0.1, -0.05) is 18.3 Å². The maximum Gasteiger partial charge on any atom is 0.409 e. The van der Waals surface area contributed by atoms with E-state index in [0.29, 0.717) is 0 Å². The number of amides is 1. The Morgan fingerprint density at radius 1 is 1.32 bits per heavy atom. The van der Waals surface area contributed by atoms with Crippen LogP contribution < -0.4 is 15.5 Å². The highest BCUT2D eigenvalue weighted by molar-refractivity contribution is 7.80. The Kier molecular flexibility index (Phi) is 6.37. The first-order chi connectivity index (χ1) is 14.4. The van der Waals surface area contributed by atoms with Gasteiger partial charge >= 0.3 is 12.8 Å². The monoisotopic (exact) mass is 468 g/mol. The van der Waals surface area contributed by atoms with E-state index in [1.807, 2.05) is 0 Å². The van der Waals surface area contributed by atoms with E-state index in [1.165, 1.54) is 18.1 Å². The Hall–Kier alpha value is -2.54. The van der Waals surface area contributed by atoms with Crippen LogP contribution in [0, 0.1) is 17.7 Å². The molecule has 1 amide bonds.